The van der Waals surface area contributed by atoms with E-state index < -0.39 is 21.7 Å². The maximum absolute atomic E-state index is 12.6. The lowest BCUT2D eigenvalue weighted by molar-refractivity contribution is -0.385. The number of anilines is 2. The third-order valence-electron chi connectivity index (χ3n) is 5.46. The first-order valence-corrected chi connectivity index (χ1v) is 11.3. The molecule has 4 aromatic rings. The number of amides is 2. The van der Waals surface area contributed by atoms with Gasteiger partial charge in [0.15, 0.2) is 0 Å². The Morgan fingerprint density at radius 2 is 0.974 bits per heavy atom. The zero-order valence-corrected chi connectivity index (χ0v) is 19.7. The van der Waals surface area contributed by atoms with Crippen molar-refractivity contribution in [1.82, 2.24) is 0 Å². The van der Waals surface area contributed by atoms with Gasteiger partial charge in [-0.1, -0.05) is 24.3 Å². The van der Waals surface area contributed by atoms with Crippen LogP contribution in [0.1, 0.15) is 11.1 Å². The number of fused-ring (bicyclic) bond motifs is 1. The summed E-state index contributed by atoms with van der Waals surface area (Å²) in [6.07, 6.45) is 5.61. The lowest BCUT2D eigenvalue weighted by Crippen LogP contribution is -2.13. The molecule has 0 aromatic heterocycles. The lowest BCUT2D eigenvalue weighted by atomic mass is 10.1. The van der Waals surface area contributed by atoms with E-state index in [2.05, 4.69) is 10.6 Å². The topological polar surface area (TPSA) is 144 Å². The number of rotatable bonds is 8. The summed E-state index contributed by atoms with van der Waals surface area (Å²) in [6.45, 7) is 0. The van der Waals surface area contributed by atoms with E-state index in [0.717, 1.165) is 10.8 Å². The van der Waals surface area contributed by atoms with Gasteiger partial charge >= 0.3 is 0 Å². The third kappa shape index (κ3) is 6.52. The molecule has 188 valence electrons. The van der Waals surface area contributed by atoms with Crippen molar-refractivity contribution in [1.29, 1.82) is 0 Å². The summed E-state index contributed by atoms with van der Waals surface area (Å²) in [4.78, 5) is 45.9. The third-order valence-corrected chi connectivity index (χ3v) is 5.46. The van der Waals surface area contributed by atoms with Crippen molar-refractivity contribution in [3.05, 3.63) is 128 Å². The Hall–Kier alpha value is -5.64. The largest absolute Gasteiger partial charge is 0.321 e. The Bertz CT molecular complexity index is 1470. The molecule has 0 aliphatic heterocycles. The summed E-state index contributed by atoms with van der Waals surface area (Å²) < 4.78 is 0. The number of hydrogen-bond donors (Lipinski definition) is 2. The second-order valence-corrected chi connectivity index (χ2v) is 8.09. The molecule has 0 saturated carbocycles. The van der Waals surface area contributed by atoms with Gasteiger partial charge in [-0.15, -0.1) is 0 Å². The van der Waals surface area contributed by atoms with Crippen LogP contribution in [0.4, 0.5) is 22.7 Å². The van der Waals surface area contributed by atoms with E-state index in [1.165, 1.54) is 72.8 Å². The zero-order chi connectivity index (χ0) is 27.1. The predicted octanol–water partition coefficient (Wildman–Crippen LogP) is 5.96. The van der Waals surface area contributed by atoms with Crippen molar-refractivity contribution < 1.29 is 19.4 Å². The Morgan fingerprint density at radius 3 is 1.32 bits per heavy atom. The number of nitro groups is 2. The van der Waals surface area contributed by atoms with Crippen LogP contribution in [-0.4, -0.2) is 21.7 Å². The van der Waals surface area contributed by atoms with Gasteiger partial charge in [-0.3, -0.25) is 29.8 Å². The highest BCUT2D eigenvalue weighted by Crippen LogP contribution is 2.29. The Kier molecular flexibility index (Phi) is 7.63. The van der Waals surface area contributed by atoms with Gasteiger partial charge < -0.3 is 10.6 Å². The molecule has 2 N–H and O–H groups in total. The number of nitrogens with one attached hydrogen (secondary N) is 2. The summed E-state index contributed by atoms with van der Waals surface area (Å²) >= 11 is 0. The smallest absolute Gasteiger partial charge is 0.269 e. The van der Waals surface area contributed by atoms with E-state index in [9.17, 15) is 29.8 Å². The number of carbonyl (C=O) groups is 2. The van der Waals surface area contributed by atoms with Gasteiger partial charge in [0.2, 0.25) is 11.8 Å². The second kappa shape index (κ2) is 11.4. The first-order chi connectivity index (χ1) is 18.3. The molecule has 0 aliphatic rings. The molecule has 10 heteroatoms. The van der Waals surface area contributed by atoms with Crippen LogP contribution < -0.4 is 10.6 Å². The number of carbonyl (C=O) groups excluding carboxylic acids is 2. The molecule has 4 aromatic carbocycles. The number of non-ortho nitro benzene ring substituents is 2. The van der Waals surface area contributed by atoms with Gasteiger partial charge in [-0.05, 0) is 70.4 Å². The minimum atomic E-state index is -0.503. The van der Waals surface area contributed by atoms with Crippen LogP contribution in [0.15, 0.2) is 97.1 Å². The van der Waals surface area contributed by atoms with Gasteiger partial charge in [0, 0.05) is 36.4 Å². The van der Waals surface area contributed by atoms with Crippen molar-refractivity contribution in [2.45, 2.75) is 0 Å². The van der Waals surface area contributed by atoms with E-state index in [0.29, 0.717) is 22.5 Å². The lowest BCUT2D eigenvalue weighted by Gasteiger charge is -2.12. The first kappa shape index (κ1) is 25.5. The van der Waals surface area contributed by atoms with Crippen LogP contribution in [-0.2, 0) is 9.59 Å². The highest BCUT2D eigenvalue weighted by Gasteiger charge is 2.10. The van der Waals surface area contributed by atoms with Crippen molar-refractivity contribution >= 4 is 57.5 Å². The molecule has 0 fully saturated rings. The van der Waals surface area contributed by atoms with Crippen LogP contribution in [0.2, 0.25) is 0 Å². The Morgan fingerprint density at radius 1 is 0.605 bits per heavy atom. The normalized spacial score (nSPS) is 11.1. The molecule has 0 aliphatic carbocycles. The first-order valence-electron chi connectivity index (χ1n) is 11.3. The molecular weight excluding hydrogens is 488 g/mol. The number of benzene rings is 4. The highest BCUT2D eigenvalue weighted by molar-refractivity contribution is 6.10. The molecule has 0 unspecified atom stereocenters. The Labute approximate surface area is 216 Å². The predicted molar refractivity (Wildman–Crippen MR) is 145 cm³/mol. The zero-order valence-electron chi connectivity index (χ0n) is 19.7. The standard InChI is InChI=1S/C28H20N4O6/c33-27(15-9-19-5-11-23(12-6-19)31(35)36)29-25-17-21-3-1-2-4-22(21)18-26(25)30-28(34)16-10-20-7-13-24(14-8-20)32(37)38/h1-18H,(H,29,33)(H,30,34)/b15-9+,16-10+. The minimum Gasteiger partial charge on any atom is -0.321 e. The molecule has 0 heterocycles. The molecule has 10 nitrogen and oxygen atoms in total. The average molecular weight is 508 g/mol. The SMILES string of the molecule is O=C(/C=C/c1ccc([N+](=O)[O-])cc1)Nc1cc2ccccc2cc1NC(=O)/C=C/c1ccc([N+](=O)[O-])cc1. The van der Waals surface area contributed by atoms with Crippen LogP contribution >= 0.6 is 0 Å². The van der Waals surface area contributed by atoms with Crippen molar-refractivity contribution in [3.63, 3.8) is 0 Å². The molecule has 0 atom stereocenters. The number of nitro benzene ring substituents is 2. The van der Waals surface area contributed by atoms with Crippen molar-refractivity contribution in [3.8, 4) is 0 Å². The molecule has 0 bridgehead atoms. The number of hydrogen-bond acceptors (Lipinski definition) is 6. The maximum Gasteiger partial charge on any atom is 0.269 e. The summed E-state index contributed by atoms with van der Waals surface area (Å²) in [5.74, 6) is -0.925. The quantitative estimate of drug-likeness (QED) is 0.171. The highest BCUT2D eigenvalue weighted by atomic mass is 16.6. The maximum atomic E-state index is 12.6. The monoisotopic (exact) mass is 508 g/mol. The molecule has 0 radical (unpaired) electrons. The molecule has 0 saturated heterocycles. The van der Waals surface area contributed by atoms with Gasteiger partial charge in [0.25, 0.3) is 11.4 Å². The van der Waals surface area contributed by atoms with Crippen LogP contribution in [0.25, 0.3) is 22.9 Å². The fourth-order valence-corrected chi connectivity index (χ4v) is 3.55. The fourth-order valence-electron chi connectivity index (χ4n) is 3.55. The number of nitrogens with zero attached hydrogens (tertiary/aromatic N) is 2. The second-order valence-electron chi connectivity index (χ2n) is 8.09. The summed E-state index contributed by atoms with van der Waals surface area (Å²) in [5.41, 5.74) is 1.86. The van der Waals surface area contributed by atoms with Crippen molar-refractivity contribution in [2.24, 2.45) is 0 Å². The van der Waals surface area contributed by atoms with E-state index in [1.54, 1.807) is 12.1 Å². The van der Waals surface area contributed by atoms with Crippen molar-refractivity contribution in [2.75, 3.05) is 10.6 Å². The summed E-state index contributed by atoms with van der Waals surface area (Å²) in [6, 6.07) is 22.4. The van der Waals surface area contributed by atoms with Crippen LogP contribution in [0.5, 0.6) is 0 Å². The van der Waals surface area contributed by atoms with Gasteiger partial charge in [0.05, 0.1) is 21.2 Å². The molecule has 38 heavy (non-hydrogen) atoms. The summed E-state index contributed by atoms with van der Waals surface area (Å²) in [7, 11) is 0. The van der Waals surface area contributed by atoms with Crippen LogP contribution in [0.3, 0.4) is 0 Å². The average Bonchev–Trinajstić information content (AvgIpc) is 2.91. The van der Waals surface area contributed by atoms with Crippen LogP contribution in [0, 0.1) is 20.2 Å². The Balaban J connectivity index is 1.51. The molecule has 4 rings (SSSR count). The van der Waals surface area contributed by atoms with E-state index in [-0.39, 0.29) is 11.4 Å². The summed E-state index contributed by atoms with van der Waals surface area (Å²) in [5, 5.41) is 28.8. The van der Waals surface area contributed by atoms with E-state index in [1.807, 2.05) is 24.3 Å². The molecule has 2 amide bonds. The molecule has 0 spiro atoms. The van der Waals surface area contributed by atoms with Gasteiger partial charge in [0.1, 0.15) is 0 Å². The van der Waals surface area contributed by atoms with Gasteiger partial charge in [-0.2, -0.15) is 0 Å². The van der Waals surface area contributed by atoms with E-state index in [4.69, 9.17) is 0 Å². The minimum absolute atomic E-state index is 0.0502. The molecular formula is C28H20N4O6. The fraction of sp³-hybridized carbons (Fsp3) is 0. The van der Waals surface area contributed by atoms with Gasteiger partial charge in [-0.25, -0.2) is 0 Å². The van der Waals surface area contributed by atoms with E-state index >= 15 is 0 Å².